The zero-order chi connectivity index (χ0) is 12.3. The topological polar surface area (TPSA) is 98.2 Å². The van der Waals surface area contributed by atoms with Gasteiger partial charge in [0.25, 0.3) is 5.91 Å². The van der Waals surface area contributed by atoms with Gasteiger partial charge in [0, 0.05) is 16.8 Å². The van der Waals surface area contributed by atoms with Gasteiger partial charge in [-0.05, 0) is 19.1 Å². The Hall–Kier alpha value is -2.11. The van der Waals surface area contributed by atoms with Gasteiger partial charge in [0.2, 0.25) is 5.91 Å². The van der Waals surface area contributed by atoms with Crippen molar-refractivity contribution in [3.63, 3.8) is 0 Å². The van der Waals surface area contributed by atoms with E-state index in [9.17, 15) is 14.0 Å². The van der Waals surface area contributed by atoms with Gasteiger partial charge in [-0.25, -0.2) is 4.39 Å². The molecule has 0 aliphatic heterocycles. The summed E-state index contributed by atoms with van der Waals surface area (Å²) in [4.78, 5) is 21.9. The number of carbonyl (C=O) groups excluding carboxylic acids is 2. The van der Waals surface area contributed by atoms with Crippen molar-refractivity contribution in [3.8, 4) is 0 Å². The number of nitrogens with two attached hydrogens (primary N) is 2. The number of hydrogen-bond acceptors (Lipinski definition) is 3. The van der Waals surface area contributed by atoms with Crippen LogP contribution in [0, 0.1) is 12.7 Å². The minimum atomic E-state index is -0.672. The molecule has 0 unspecified atom stereocenters. The lowest BCUT2D eigenvalue weighted by molar-refractivity contribution is -0.117. The summed E-state index contributed by atoms with van der Waals surface area (Å²) in [5, 5.41) is 2.24. The molecule has 5 nitrogen and oxygen atoms in total. The van der Waals surface area contributed by atoms with E-state index < -0.39 is 17.6 Å². The molecule has 86 valence electrons. The Labute approximate surface area is 91.6 Å². The van der Waals surface area contributed by atoms with Crippen molar-refractivity contribution in [2.24, 2.45) is 5.73 Å². The number of anilines is 1. The van der Waals surface area contributed by atoms with Gasteiger partial charge in [-0.15, -0.1) is 0 Å². The van der Waals surface area contributed by atoms with Gasteiger partial charge in [-0.2, -0.15) is 0 Å². The number of rotatable bonds is 3. The van der Waals surface area contributed by atoms with Crippen molar-refractivity contribution < 1.29 is 14.0 Å². The largest absolute Gasteiger partial charge is 0.398 e. The molecule has 0 heterocycles. The number of carbonyl (C=O) groups is 2. The van der Waals surface area contributed by atoms with Crippen molar-refractivity contribution in [2.75, 3.05) is 12.3 Å². The summed E-state index contributed by atoms with van der Waals surface area (Å²) >= 11 is 0. The van der Waals surface area contributed by atoms with Crippen LogP contribution in [0.25, 0.3) is 0 Å². The average molecular weight is 225 g/mol. The first kappa shape index (κ1) is 12.0. The van der Waals surface area contributed by atoms with Crippen LogP contribution in [0.2, 0.25) is 0 Å². The molecule has 6 heteroatoms. The molecule has 1 aromatic carbocycles. The fourth-order valence-electron chi connectivity index (χ4n) is 1.10. The number of primary amides is 1. The first-order valence-electron chi connectivity index (χ1n) is 4.54. The maximum absolute atomic E-state index is 13.2. The summed E-state index contributed by atoms with van der Waals surface area (Å²) in [5.74, 6) is -1.83. The highest BCUT2D eigenvalue weighted by molar-refractivity contribution is 5.97. The Morgan fingerprint density at radius 1 is 1.44 bits per heavy atom. The fourth-order valence-corrected chi connectivity index (χ4v) is 1.10. The van der Waals surface area contributed by atoms with Gasteiger partial charge < -0.3 is 16.8 Å². The molecule has 0 atom stereocenters. The van der Waals surface area contributed by atoms with Gasteiger partial charge in [-0.1, -0.05) is 0 Å². The van der Waals surface area contributed by atoms with Gasteiger partial charge in [-0.3, -0.25) is 9.59 Å². The number of benzene rings is 1. The lowest BCUT2D eigenvalue weighted by Crippen LogP contribution is -2.33. The molecule has 1 rings (SSSR count). The highest BCUT2D eigenvalue weighted by atomic mass is 19.1. The third-order valence-electron chi connectivity index (χ3n) is 2.07. The van der Waals surface area contributed by atoms with E-state index in [-0.39, 0.29) is 23.4 Å². The van der Waals surface area contributed by atoms with Crippen molar-refractivity contribution in [3.05, 3.63) is 29.1 Å². The second-order valence-corrected chi connectivity index (χ2v) is 3.32. The number of halogens is 1. The van der Waals surface area contributed by atoms with Gasteiger partial charge in [0.1, 0.15) is 5.82 Å². The predicted molar refractivity (Wildman–Crippen MR) is 57.1 cm³/mol. The van der Waals surface area contributed by atoms with E-state index in [1.165, 1.54) is 13.0 Å². The summed E-state index contributed by atoms with van der Waals surface area (Å²) in [5.41, 5.74) is 10.9. The van der Waals surface area contributed by atoms with Crippen LogP contribution >= 0.6 is 0 Å². The van der Waals surface area contributed by atoms with Crippen LogP contribution < -0.4 is 16.8 Å². The standard InChI is InChI=1S/C10H12FN3O2/c1-5-7(11)2-6(3-8(5)12)10(16)14-4-9(13)15/h2-3H,4,12H2,1H3,(H2,13,15)(H,14,16). The van der Waals surface area contributed by atoms with E-state index in [1.807, 2.05) is 0 Å². The molecule has 5 N–H and O–H groups in total. The first-order chi connectivity index (χ1) is 7.41. The van der Waals surface area contributed by atoms with Crippen molar-refractivity contribution >= 4 is 17.5 Å². The Kier molecular flexibility index (Phi) is 3.44. The monoisotopic (exact) mass is 225 g/mol. The molecular weight excluding hydrogens is 213 g/mol. The van der Waals surface area contributed by atoms with Crippen LogP contribution in [0.5, 0.6) is 0 Å². The van der Waals surface area contributed by atoms with E-state index in [0.29, 0.717) is 0 Å². The molecule has 0 aromatic heterocycles. The summed E-state index contributed by atoms with van der Waals surface area (Å²) in [6.45, 7) is 1.21. The van der Waals surface area contributed by atoms with Gasteiger partial charge in [0.05, 0.1) is 6.54 Å². The molecule has 0 fully saturated rings. The smallest absolute Gasteiger partial charge is 0.251 e. The Morgan fingerprint density at radius 3 is 2.56 bits per heavy atom. The van der Waals surface area contributed by atoms with Gasteiger partial charge >= 0.3 is 0 Å². The number of hydrogen-bond donors (Lipinski definition) is 3. The molecule has 2 amide bonds. The molecule has 0 aliphatic rings. The molecule has 16 heavy (non-hydrogen) atoms. The Balaban J connectivity index is 2.88. The summed E-state index contributed by atoms with van der Waals surface area (Å²) < 4.78 is 13.2. The lowest BCUT2D eigenvalue weighted by atomic mass is 10.1. The zero-order valence-corrected chi connectivity index (χ0v) is 8.71. The molecule has 0 bridgehead atoms. The minimum Gasteiger partial charge on any atom is -0.398 e. The highest BCUT2D eigenvalue weighted by Crippen LogP contribution is 2.17. The normalized spacial score (nSPS) is 9.88. The SMILES string of the molecule is Cc1c(N)cc(C(=O)NCC(N)=O)cc1F. The van der Waals surface area contributed by atoms with Crippen LogP contribution in [0.3, 0.4) is 0 Å². The third kappa shape index (κ3) is 2.69. The number of nitrogens with one attached hydrogen (secondary N) is 1. The number of amides is 2. The molecular formula is C10H12FN3O2. The van der Waals surface area contributed by atoms with E-state index in [1.54, 1.807) is 0 Å². The minimum absolute atomic E-state index is 0.0573. The van der Waals surface area contributed by atoms with E-state index in [2.05, 4.69) is 5.32 Å². The molecule has 0 radical (unpaired) electrons. The van der Waals surface area contributed by atoms with Crippen LogP contribution in [0.15, 0.2) is 12.1 Å². The molecule has 0 saturated carbocycles. The second kappa shape index (κ2) is 4.61. The molecule has 0 spiro atoms. The van der Waals surface area contributed by atoms with Crippen LogP contribution in [-0.2, 0) is 4.79 Å². The molecule has 0 aliphatic carbocycles. The second-order valence-electron chi connectivity index (χ2n) is 3.32. The lowest BCUT2D eigenvalue weighted by Gasteiger charge is -2.06. The van der Waals surface area contributed by atoms with E-state index >= 15 is 0 Å². The first-order valence-corrected chi connectivity index (χ1v) is 4.54. The van der Waals surface area contributed by atoms with Crippen LogP contribution in [-0.4, -0.2) is 18.4 Å². The van der Waals surface area contributed by atoms with Crippen molar-refractivity contribution in [2.45, 2.75) is 6.92 Å². The highest BCUT2D eigenvalue weighted by Gasteiger charge is 2.11. The van der Waals surface area contributed by atoms with E-state index in [0.717, 1.165) is 6.07 Å². The quantitative estimate of drug-likeness (QED) is 0.628. The summed E-state index contributed by atoms with van der Waals surface area (Å²) in [6, 6.07) is 2.40. The molecule has 0 saturated heterocycles. The maximum atomic E-state index is 13.2. The van der Waals surface area contributed by atoms with Gasteiger partial charge in [0.15, 0.2) is 0 Å². The zero-order valence-electron chi connectivity index (χ0n) is 8.71. The third-order valence-corrected chi connectivity index (χ3v) is 2.07. The summed E-state index contributed by atoms with van der Waals surface area (Å²) in [7, 11) is 0. The predicted octanol–water partition coefficient (Wildman–Crippen LogP) is -0.0686. The van der Waals surface area contributed by atoms with Crippen molar-refractivity contribution in [1.29, 1.82) is 0 Å². The van der Waals surface area contributed by atoms with Crippen molar-refractivity contribution in [1.82, 2.24) is 5.32 Å². The number of nitrogen functional groups attached to an aromatic ring is 1. The molecule has 1 aromatic rings. The average Bonchev–Trinajstić information content (AvgIpc) is 2.21. The summed E-state index contributed by atoms with van der Waals surface area (Å²) in [6.07, 6.45) is 0. The Morgan fingerprint density at radius 2 is 2.06 bits per heavy atom. The fraction of sp³-hybridized carbons (Fsp3) is 0.200. The maximum Gasteiger partial charge on any atom is 0.251 e. The van der Waals surface area contributed by atoms with E-state index in [4.69, 9.17) is 11.5 Å². The van der Waals surface area contributed by atoms with Crippen LogP contribution in [0.1, 0.15) is 15.9 Å². The van der Waals surface area contributed by atoms with Crippen LogP contribution in [0.4, 0.5) is 10.1 Å². The Bertz CT molecular complexity index is 423.